The van der Waals surface area contributed by atoms with E-state index in [4.69, 9.17) is 0 Å². The summed E-state index contributed by atoms with van der Waals surface area (Å²) >= 11 is 0. The predicted octanol–water partition coefficient (Wildman–Crippen LogP) is 6.74. The lowest BCUT2D eigenvalue weighted by Crippen LogP contribution is -2.36. The van der Waals surface area contributed by atoms with Gasteiger partial charge in [0, 0.05) is 66.6 Å². The summed E-state index contributed by atoms with van der Waals surface area (Å²) in [6.45, 7) is 4.70. The molecule has 0 spiro atoms. The van der Waals surface area contributed by atoms with Crippen LogP contribution in [0, 0.1) is 5.41 Å². The van der Waals surface area contributed by atoms with Crippen LogP contribution in [0.5, 0.6) is 0 Å². The Hall–Kier alpha value is -3.68. The Kier molecular flexibility index (Phi) is 7.49. The van der Waals surface area contributed by atoms with E-state index in [0.717, 1.165) is 53.8 Å². The largest absolute Gasteiger partial charge is 0.388 e. The number of amidine groups is 1. The minimum Gasteiger partial charge on any atom is -0.388 e. The zero-order valence-corrected chi connectivity index (χ0v) is 22.2. The maximum Gasteiger partial charge on any atom is 0.264 e. The van der Waals surface area contributed by atoms with Gasteiger partial charge in [0.1, 0.15) is 5.84 Å². The quantitative estimate of drug-likeness (QED) is 0.239. The molecule has 1 fully saturated rings. The molecule has 0 radical (unpaired) electrons. The van der Waals surface area contributed by atoms with E-state index in [1.165, 1.54) is 19.3 Å². The summed E-state index contributed by atoms with van der Waals surface area (Å²) < 4.78 is 30.3. The molecule has 3 N–H and O–H groups in total. The molecular formula is C30H36F2N6. The van der Waals surface area contributed by atoms with Crippen LogP contribution in [0.4, 0.5) is 20.2 Å². The number of aromatic nitrogens is 2. The van der Waals surface area contributed by atoms with Gasteiger partial charge in [-0.05, 0) is 66.6 Å². The van der Waals surface area contributed by atoms with E-state index in [1.807, 2.05) is 36.2 Å². The molecule has 0 bridgehead atoms. The second-order valence-corrected chi connectivity index (χ2v) is 10.3. The number of rotatable bonds is 7. The van der Waals surface area contributed by atoms with Gasteiger partial charge in [0.25, 0.3) is 6.43 Å². The Bertz CT molecular complexity index is 1340. The molecule has 2 aliphatic rings. The number of aryl methyl sites for hydroxylation is 2. The second kappa shape index (κ2) is 11.0. The van der Waals surface area contributed by atoms with E-state index in [1.54, 1.807) is 30.2 Å². The standard InChI is InChI=1S/C30H36F2N6/c1-19(34-2)20-11-12-27(36-23-9-5-4-6-10-23)26(14-20)30(33)38-13-7-8-21-15-24(22-17-35-37(3)18-22)25(29(31)32)16-28(21)38/h11-12,14-18,23,29,33-34,36H,1,4-10,13H2,2-3H3. The molecule has 0 unspecified atom stereocenters. The number of benzene rings is 2. The maximum absolute atomic E-state index is 14.3. The monoisotopic (exact) mass is 518 g/mol. The number of hydrogen-bond acceptors (Lipinski definition) is 4. The first kappa shape index (κ1) is 25.9. The SMILES string of the molecule is C=C(NC)c1ccc(NC2CCCCC2)c(C(=N)N2CCCc3cc(-c4cnn(C)c4)c(C(F)F)cc32)c1. The second-order valence-electron chi connectivity index (χ2n) is 10.3. The molecule has 1 aliphatic carbocycles. The van der Waals surface area contributed by atoms with Crippen molar-refractivity contribution in [3.63, 3.8) is 0 Å². The summed E-state index contributed by atoms with van der Waals surface area (Å²) in [7, 11) is 3.61. The van der Waals surface area contributed by atoms with Gasteiger partial charge in [0.05, 0.1) is 6.20 Å². The van der Waals surface area contributed by atoms with Crippen LogP contribution in [0.15, 0.2) is 49.3 Å². The Balaban J connectivity index is 1.55. The van der Waals surface area contributed by atoms with Crippen LogP contribution in [-0.2, 0) is 13.5 Å². The summed E-state index contributed by atoms with van der Waals surface area (Å²) in [5.41, 5.74) is 6.14. The first-order valence-electron chi connectivity index (χ1n) is 13.4. The summed E-state index contributed by atoms with van der Waals surface area (Å²) in [4.78, 5) is 1.89. The highest BCUT2D eigenvalue weighted by Crippen LogP contribution is 2.40. The van der Waals surface area contributed by atoms with Crippen molar-refractivity contribution in [2.45, 2.75) is 57.4 Å². The smallest absolute Gasteiger partial charge is 0.264 e. The van der Waals surface area contributed by atoms with Gasteiger partial charge >= 0.3 is 0 Å². The Morgan fingerprint density at radius 3 is 2.61 bits per heavy atom. The summed E-state index contributed by atoms with van der Waals surface area (Å²) in [6.07, 6.45) is 8.25. The number of hydrogen-bond donors (Lipinski definition) is 3. The fourth-order valence-electron chi connectivity index (χ4n) is 5.68. The van der Waals surface area contributed by atoms with Gasteiger partial charge in [0.15, 0.2) is 0 Å². The lowest BCUT2D eigenvalue weighted by Gasteiger charge is -2.34. The zero-order chi connectivity index (χ0) is 26.8. The third-order valence-electron chi connectivity index (χ3n) is 7.78. The molecule has 1 saturated carbocycles. The van der Waals surface area contributed by atoms with Gasteiger partial charge < -0.3 is 15.5 Å². The van der Waals surface area contributed by atoms with Crippen LogP contribution in [0.3, 0.4) is 0 Å². The Morgan fingerprint density at radius 2 is 1.92 bits per heavy atom. The third-order valence-corrected chi connectivity index (χ3v) is 7.78. The third kappa shape index (κ3) is 5.17. The lowest BCUT2D eigenvalue weighted by molar-refractivity contribution is 0.152. The normalized spacial score (nSPS) is 15.9. The molecule has 0 saturated heterocycles. The van der Waals surface area contributed by atoms with E-state index >= 15 is 0 Å². The molecule has 2 heterocycles. The Morgan fingerprint density at radius 1 is 1.13 bits per heavy atom. The summed E-state index contributed by atoms with van der Waals surface area (Å²) in [6, 6.07) is 9.85. The number of nitrogens with one attached hydrogen (secondary N) is 3. The highest BCUT2D eigenvalue weighted by atomic mass is 19.3. The molecule has 1 aromatic heterocycles. The van der Waals surface area contributed by atoms with Crippen LogP contribution in [0.1, 0.15) is 67.2 Å². The predicted molar refractivity (Wildman–Crippen MR) is 151 cm³/mol. The van der Waals surface area contributed by atoms with E-state index < -0.39 is 6.43 Å². The molecule has 0 amide bonds. The van der Waals surface area contributed by atoms with Crippen LogP contribution in [0.2, 0.25) is 0 Å². The highest BCUT2D eigenvalue weighted by Gasteiger charge is 2.28. The maximum atomic E-state index is 14.3. The van der Waals surface area contributed by atoms with Gasteiger partial charge in [-0.2, -0.15) is 5.10 Å². The minimum absolute atomic E-state index is 0.0330. The van der Waals surface area contributed by atoms with E-state index in [0.29, 0.717) is 35.2 Å². The number of nitrogens with zero attached hydrogens (tertiary/aromatic N) is 3. The van der Waals surface area contributed by atoms with Crippen molar-refractivity contribution in [3.05, 3.63) is 71.6 Å². The van der Waals surface area contributed by atoms with E-state index in [-0.39, 0.29) is 5.56 Å². The summed E-state index contributed by atoms with van der Waals surface area (Å²) in [5, 5.41) is 20.3. The van der Waals surface area contributed by atoms with Crippen LogP contribution < -0.4 is 15.5 Å². The van der Waals surface area contributed by atoms with Crippen LogP contribution >= 0.6 is 0 Å². The van der Waals surface area contributed by atoms with Gasteiger partial charge in [-0.15, -0.1) is 0 Å². The molecule has 0 atom stereocenters. The highest BCUT2D eigenvalue weighted by molar-refractivity contribution is 6.12. The van der Waals surface area contributed by atoms with Crippen molar-refractivity contribution >= 4 is 22.9 Å². The van der Waals surface area contributed by atoms with Crippen molar-refractivity contribution < 1.29 is 8.78 Å². The number of anilines is 2. The van der Waals surface area contributed by atoms with Crippen molar-refractivity contribution in [1.82, 2.24) is 15.1 Å². The molecule has 3 aromatic rings. The molecular weight excluding hydrogens is 482 g/mol. The number of alkyl halides is 2. The molecule has 5 rings (SSSR count). The molecule has 1 aliphatic heterocycles. The van der Waals surface area contributed by atoms with Gasteiger partial charge in [-0.3, -0.25) is 10.1 Å². The van der Waals surface area contributed by atoms with Crippen molar-refractivity contribution in [1.29, 1.82) is 5.41 Å². The van der Waals surface area contributed by atoms with E-state index in [2.05, 4.69) is 22.3 Å². The zero-order valence-electron chi connectivity index (χ0n) is 22.2. The number of fused-ring (bicyclic) bond motifs is 1. The van der Waals surface area contributed by atoms with E-state index in [9.17, 15) is 14.2 Å². The molecule has 38 heavy (non-hydrogen) atoms. The first-order valence-corrected chi connectivity index (χ1v) is 13.4. The minimum atomic E-state index is -2.64. The van der Waals surface area contributed by atoms with Gasteiger partial charge in [-0.25, -0.2) is 8.78 Å². The fraction of sp³-hybridized carbons (Fsp3) is 0.400. The van der Waals surface area contributed by atoms with Crippen molar-refractivity contribution in [2.75, 3.05) is 23.8 Å². The van der Waals surface area contributed by atoms with Crippen molar-refractivity contribution in [3.8, 4) is 11.1 Å². The molecule has 8 heteroatoms. The fourth-order valence-corrected chi connectivity index (χ4v) is 5.68. The average Bonchev–Trinajstić information content (AvgIpc) is 3.38. The lowest BCUT2D eigenvalue weighted by atomic mass is 9.92. The van der Waals surface area contributed by atoms with Gasteiger partial charge in [-0.1, -0.05) is 31.9 Å². The first-order chi connectivity index (χ1) is 18.4. The molecule has 2 aromatic carbocycles. The molecule has 200 valence electrons. The summed E-state index contributed by atoms with van der Waals surface area (Å²) in [5.74, 6) is 0.310. The van der Waals surface area contributed by atoms with Crippen LogP contribution in [-0.4, -0.2) is 35.3 Å². The topological polar surface area (TPSA) is 69.0 Å². The Labute approximate surface area is 223 Å². The van der Waals surface area contributed by atoms with Crippen molar-refractivity contribution in [2.24, 2.45) is 7.05 Å². The number of halogens is 2. The van der Waals surface area contributed by atoms with Gasteiger partial charge in [0.2, 0.25) is 0 Å². The molecule has 6 nitrogen and oxygen atoms in total. The van der Waals surface area contributed by atoms with Crippen LogP contribution in [0.25, 0.3) is 16.8 Å². The average molecular weight is 519 g/mol.